The van der Waals surface area contributed by atoms with E-state index >= 15 is 0 Å². The van der Waals surface area contributed by atoms with Crippen LogP contribution in [-0.2, 0) is 0 Å². The molecule has 0 aliphatic carbocycles. The highest BCUT2D eigenvalue weighted by Gasteiger charge is 2.49. The topological polar surface area (TPSA) is 47.8 Å². The van der Waals surface area contributed by atoms with Gasteiger partial charge in [0.15, 0.2) is 0 Å². The molecule has 3 fully saturated rings. The number of fused-ring (bicyclic) bond motifs is 1. The Bertz CT molecular complexity index is 344. The molecule has 3 rings (SSSR count). The van der Waals surface area contributed by atoms with Gasteiger partial charge in [-0.2, -0.15) is 0 Å². The van der Waals surface area contributed by atoms with Crippen LogP contribution in [0.4, 0.5) is 0 Å². The summed E-state index contributed by atoms with van der Waals surface area (Å²) in [5.41, 5.74) is 3.07. The van der Waals surface area contributed by atoms with E-state index in [1.807, 2.05) is 0 Å². The van der Waals surface area contributed by atoms with Crippen LogP contribution >= 0.6 is 0 Å². The molecule has 1 atom stereocenters. The second-order valence-electron chi connectivity index (χ2n) is 7.02. The van der Waals surface area contributed by atoms with Crippen molar-refractivity contribution in [3.8, 4) is 0 Å². The third-order valence-electron chi connectivity index (χ3n) is 5.55. The maximum Gasteiger partial charge on any atom is 0.119 e. The Hall–Kier alpha value is -0.200. The van der Waals surface area contributed by atoms with Crippen molar-refractivity contribution in [3.63, 3.8) is 0 Å². The van der Waals surface area contributed by atoms with Crippen molar-refractivity contribution in [2.75, 3.05) is 66.5 Å². The largest absolute Gasteiger partial charge is 0.327 e. The monoisotopic (exact) mass is 268 g/mol. The van der Waals surface area contributed by atoms with Gasteiger partial charge in [0.25, 0.3) is 0 Å². The van der Waals surface area contributed by atoms with Crippen LogP contribution in [0.1, 0.15) is 12.8 Å². The molecule has 3 aliphatic rings. The normalized spacial score (nSPS) is 38.1. The number of likely N-dealkylation sites (tertiary alicyclic amines) is 1. The predicted octanol–water partition coefficient (Wildman–Crippen LogP) is -0.796. The number of rotatable bonds is 2. The second kappa shape index (κ2) is 4.97. The summed E-state index contributed by atoms with van der Waals surface area (Å²) in [5, 5.41) is 3.82. The van der Waals surface area contributed by atoms with E-state index < -0.39 is 0 Å². The van der Waals surface area contributed by atoms with Crippen molar-refractivity contribution >= 4 is 0 Å². The molecule has 1 spiro atoms. The molecule has 0 aromatic rings. The van der Waals surface area contributed by atoms with Gasteiger partial charge in [-0.1, -0.05) is 0 Å². The van der Waals surface area contributed by atoms with E-state index in [4.69, 9.17) is 1.41 Å². The molecule has 3 aliphatic heterocycles. The predicted molar refractivity (Wildman–Crippen MR) is 78.0 cm³/mol. The van der Waals surface area contributed by atoms with E-state index in [9.17, 15) is 0 Å². The van der Waals surface area contributed by atoms with Crippen LogP contribution in [-0.4, -0.2) is 86.8 Å². The molecular weight excluding hydrogens is 238 g/mol. The van der Waals surface area contributed by atoms with E-state index in [2.05, 4.69) is 39.8 Å². The van der Waals surface area contributed by atoms with Crippen molar-refractivity contribution in [1.29, 1.82) is 0 Å². The van der Waals surface area contributed by atoms with Crippen molar-refractivity contribution < 1.29 is 1.41 Å². The minimum atomic E-state index is -0.0383. The SMILES string of the molecule is [2H]NCC12CN(C)CCN1CC1(CCN(C)CC1)CN2. The maximum atomic E-state index is 7.44. The lowest BCUT2D eigenvalue weighted by Gasteiger charge is -2.59. The summed E-state index contributed by atoms with van der Waals surface area (Å²) in [4.78, 5) is 7.44. The smallest absolute Gasteiger partial charge is 0.119 e. The summed E-state index contributed by atoms with van der Waals surface area (Å²) in [6, 6.07) is 0. The van der Waals surface area contributed by atoms with Gasteiger partial charge in [0.2, 0.25) is 0 Å². The van der Waals surface area contributed by atoms with Gasteiger partial charge in [-0.15, -0.1) is 0 Å². The first-order valence-electron chi connectivity index (χ1n) is 8.09. The molecule has 0 aromatic heterocycles. The van der Waals surface area contributed by atoms with Crippen molar-refractivity contribution in [1.82, 2.24) is 20.0 Å². The highest BCUT2D eigenvalue weighted by atomic mass is 15.4. The van der Waals surface area contributed by atoms with Crippen LogP contribution in [0.2, 0.25) is 1.41 Å². The average Bonchev–Trinajstić information content (AvgIpc) is 2.44. The average molecular weight is 268 g/mol. The van der Waals surface area contributed by atoms with E-state index in [0.29, 0.717) is 12.0 Å². The van der Waals surface area contributed by atoms with E-state index in [1.165, 1.54) is 32.5 Å². The Morgan fingerprint density at radius 3 is 2.63 bits per heavy atom. The molecular formula is C14H29N5. The second-order valence-corrected chi connectivity index (χ2v) is 7.02. The first-order chi connectivity index (χ1) is 9.57. The van der Waals surface area contributed by atoms with Crippen LogP contribution in [0.15, 0.2) is 0 Å². The van der Waals surface area contributed by atoms with Crippen molar-refractivity contribution in [2.24, 2.45) is 11.1 Å². The van der Waals surface area contributed by atoms with E-state index in [0.717, 1.165) is 26.2 Å². The number of likely N-dealkylation sites (N-methyl/N-ethyl adjacent to an activating group) is 1. The number of nitrogens with zero attached hydrogens (tertiary/aromatic N) is 3. The number of nitrogens with one attached hydrogen (secondary N) is 1. The summed E-state index contributed by atoms with van der Waals surface area (Å²) in [6.07, 6.45) is 2.60. The Balaban J connectivity index is 1.73. The molecule has 1 unspecified atom stereocenters. The van der Waals surface area contributed by atoms with Gasteiger partial charge in [0.05, 0.1) is 5.66 Å². The molecule has 110 valence electrons. The summed E-state index contributed by atoms with van der Waals surface area (Å²) in [7, 11) is 4.41. The molecule has 5 nitrogen and oxygen atoms in total. The molecule has 0 radical (unpaired) electrons. The highest BCUT2D eigenvalue weighted by molar-refractivity contribution is 5.05. The van der Waals surface area contributed by atoms with Gasteiger partial charge in [0, 0.05) is 39.3 Å². The number of piperidine rings is 1. The minimum Gasteiger partial charge on any atom is -0.327 e. The van der Waals surface area contributed by atoms with Gasteiger partial charge in [-0.25, -0.2) is 0 Å². The Morgan fingerprint density at radius 2 is 1.89 bits per heavy atom. The zero-order valence-corrected chi connectivity index (χ0v) is 12.4. The summed E-state index contributed by atoms with van der Waals surface area (Å²) >= 11 is 0. The first kappa shape index (κ1) is 12.5. The molecule has 3 heterocycles. The molecule has 0 bridgehead atoms. The quantitative estimate of drug-likeness (QED) is 0.687. The highest BCUT2D eigenvalue weighted by Crippen LogP contribution is 2.37. The fourth-order valence-corrected chi connectivity index (χ4v) is 4.00. The van der Waals surface area contributed by atoms with Crippen LogP contribution in [0.25, 0.3) is 0 Å². The summed E-state index contributed by atoms with van der Waals surface area (Å²) in [5.74, 6) is 0. The number of piperazine rings is 1. The maximum absolute atomic E-state index is 7.44. The zero-order chi connectivity index (χ0) is 14.2. The van der Waals surface area contributed by atoms with Crippen molar-refractivity contribution in [2.45, 2.75) is 18.5 Å². The molecule has 3 saturated heterocycles. The molecule has 5 heteroatoms. The summed E-state index contributed by atoms with van der Waals surface area (Å²) in [6.45, 7) is 8.71. The van der Waals surface area contributed by atoms with Crippen LogP contribution in [0.5, 0.6) is 0 Å². The molecule has 3 N–H and O–H groups in total. The molecule has 0 amide bonds. The minimum absolute atomic E-state index is 0.0383. The van der Waals surface area contributed by atoms with E-state index in [-0.39, 0.29) is 5.66 Å². The van der Waals surface area contributed by atoms with Gasteiger partial charge >= 0.3 is 0 Å². The lowest BCUT2D eigenvalue weighted by molar-refractivity contribution is -0.0894. The van der Waals surface area contributed by atoms with Gasteiger partial charge in [0.1, 0.15) is 1.41 Å². The molecule has 0 aromatic carbocycles. The third-order valence-corrected chi connectivity index (χ3v) is 5.55. The first-order valence-corrected chi connectivity index (χ1v) is 7.59. The Labute approximate surface area is 118 Å². The number of nitrogens with two attached hydrogens (primary N) is 1. The fraction of sp³-hybridized carbons (Fsp3) is 1.00. The van der Waals surface area contributed by atoms with Gasteiger partial charge in [-0.05, 0) is 45.4 Å². The zero-order valence-electron chi connectivity index (χ0n) is 13.4. The Kier molecular flexibility index (Phi) is 3.28. The van der Waals surface area contributed by atoms with Crippen LogP contribution in [0, 0.1) is 5.41 Å². The third kappa shape index (κ3) is 2.43. The van der Waals surface area contributed by atoms with Gasteiger partial charge < -0.3 is 15.5 Å². The van der Waals surface area contributed by atoms with E-state index in [1.54, 1.807) is 0 Å². The standard InChI is InChI=1S/C14H29N5/c1-17-5-3-13(4-6-17)10-16-14(9-15)12-18(2)7-8-19(14)11-13/h16H,3-12,15H2,1-2H3/i/hD. The fourth-order valence-electron chi connectivity index (χ4n) is 4.00. The van der Waals surface area contributed by atoms with Crippen LogP contribution < -0.4 is 11.0 Å². The lowest BCUT2D eigenvalue weighted by Crippen LogP contribution is -2.77. The van der Waals surface area contributed by atoms with Crippen LogP contribution in [0.3, 0.4) is 0 Å². The summed E-state index contributed by atoms with van der Waals surface area (Å²) < 4.78 is 7.44. The van der Waals surface area contributed by atoms with Gasteiger partial charge in [-0.3, -0.25) is 10.2 Å². The lowest BCUT2D eigenvalue weighted by atomic mass is 9.74. The molecule has 0 saturated carbocycles. The number of hydrogen-bond donors (Lipinski definition) is 2. The number of hydrogen-bond acceptors (Lipinski definition) is 5. The molecule has 19 heavy (non-hydrogen) atoms. The van der Waals surface area contributed by atoms with Crippen molar-refractivity contribution in [3.05, 3.63) is 0 Å². The Morgan fingerprint density at radius 1 is 1.11 bits per heavy atom.